The molecule has 1 aromatic carbocycles. The van der Waals surface area contributed by atoms with Crippen LogP contribution >= 0.6 is 23.4 Å². The smallest absolute Gasteiger partial charge is 0.0464 e. The highest BCUT2D eigenvalue weighted by Gasteiger charge is 2.17. The Morgan fingerprint density at radius 1 is 1.29 bits per heavy atom. The number of aliphatic hydroxyl groups excluding tert-OH is 1. The molecule has 0 spiro atoms. The molecular weight excluding hydrogens is 254 g/mol. The predicted octanol–water partition coefficient (Wildman–Crippen LogP) is 3.09. The van der Waals surface area contributed by atoms with Gasteiger partial charge in [0.1, 0.15) is 0 Å². The molecule has 0 aliphatic rings. The molecular formula is C13H20ClNOS. The molecule has 3 N–H and O–H groups in total. The van der Waals surface area contributed by atoms with Gasteiger partial charge in [-0.25, -0.2) is 0 Å². The summed E-state index contributed by atoms with van der Waals surface area (Å²) in [6.07, 6.45) is 0. The third kappa shape index (κ3) is 4.88. The van der Waals surface area contributed by atoms with Gasteiger partial charge in [0.05, 0.1) is 0 Å². The van der Waals surface area contributed by atoms with Crippen molar-refractivity contribution in [2.45, 2.75) is 25.1 Å². The summed E-state index contributed by atoms with van der Waals surface area (Å²) in [7, 11) is 0. The van der Waals surface area contributed by atoms with Crippen molar-refractivity contribution in [3.8, 4) is 0 Å². The van der Waals surface area contributed by atoms with Gasteiger partial charge in [-0.05, 0) is 36.3 Å². The minimum atomic E-state index is 0.0760. The molecule has 4 heteroatoms. The van der Waals surface area contributed by atoms with Gasteiger partial charge < -0.3 is 10.8 Å². The summed E-state index contributed by atoms with van der Waals surface area (Å²) in [4.78, 5) is 0. The number of thioether (sulfide) groups is 1. The van der Waals surface area contributed by atoms with Gasteiger partial charge in [0.2, 0.25) is 0 Å². The average Bonchev–Trinajstić information content (AvgIpc) is 2.31. The van der Waals surface area contributed by atoms with Gasteiger partial charge in [-0.1, -0.05) is 30.7 Å². The molecule has 3 atom stereocenters. The van der Waals surface area contributed by atoms with E-state index in [0.29, 0.717) is 5.92 Å². The lowest BCUT2D eigenvalue weighted by molar-refractivity contribution is 0.250. The Balaban J connectivity index is 2.69. The molecule has 0 fully saturated rings. The highest BCUT2D eigenvalue weighted by molar-refractivity contribution is 7.99. The van der Waals surface area contributed by atoms with Crippen LogP contribution in [0, 0.1) is 5.92 Å². The van der Waals surface area contributed by atoms with E-state index in [2.05, 4.69) is 0 Å². The maximum absolute atomic E-state index is 9.03. The summed E-state index contributed by atoms with van der Waals surface area (Å²) < 4.78 is 0. The lowest BCUT2D eigenvalue weighted by atomic mass is 10.1. The first kappa shape index (κ1) is 14.8. The molecule has 0 saturated carbocycles. The van der Waals surface area contributed by atoms with Crippen molar-refractivity contribution in [3.63, 3.8) is 0 Å². The second kappa shape index (κ2) is 7.27. The number of halogens is 1. The average molecular weight is 274 g/mol. The number of nitrogens with two attached hydrogens (primary N) is 1. The van der Waals surface area contributed by atoms with E-state index in [1.54, 1.807) is 11.8 Å². The van der Waals surface area contributed by atoms with Crippen LogP contribution in [0.3, 0.4) is 0 Å². The van der Waals surface area contributed by atoms with Gasteiger partial charge in [0.25, 0.3) is 0 Å². The first-order valence-corrected chi connectivity index (χ1v) is 7.20. The minimum absolute atomic E-state index is 0.0760. The maximum atomic E-state index is 9.03. The SMILES string of the molecule is CC(CO)CSC(c1ccc(Cl)cc1)C(C)N. The summed E-state index contributed by atoms with van der Waals surface area (Å²) in [6, 6.07) is 7.90. The van der Waals surface area contributed by atoms with E-state index in [0.717, 1.165) is 10.8 Å². The fraction of sp³-hybridized carbons (Fsp3) is 0.538. The summed E-state index contributed by atoms with van der Waals surface area (Å²) >= 11 is 7.67. The van der Waals surface area contributed by atoms with Crippen molar-refractivity contribution >= 4 is 23.4 Å². The maximum Gasteiger partial charge on any atom is 0.0464 e. The van der Waals surface area contributed by atoms with Gasteiger partial charge in [-0.3, -0.25) is 0 Å². The van der Waals surface area contributed by atoms with Crippen molar-refractivity contribution in [2.75, 3.05) is 12.4 Å². The molecule has 96 valence electrons. The number of aliphatic hydroxyl groups is 1. The van der Waals surface area contributed by atoms with Gasteiger partial charge >= 0.3 is 0 Å². The van der Waals surface area contributed by atoms with Crippen LogP contribution in [-0.4, -0.2) is 23.5 Å². The van der Waals surface area contributed by atoms with Crippen LogP contribution < -0.4 is 5.73 Å². The Bertz CT molecular complexity index is 329. The monoisotopic (exact) mass is 273 g/mol. The number of hydrogen-bond acceptors (Lipinski definition) is 3. The second-order valence-corrected chi connectivity index (χ2v) is 6.06. The molecule has 0 bridgehead atoms. The normalized spacial score (nSPS) is 16.5. The molecule has 0 aliphatic heterocycles. The van der Waals surface area contributed by atoms with Crippen LogP contribution in [-0.2, 0) is 0 Å². The van der Waals surface area contributed by atoms with Gasteiger partial charge in [0.15, 0.2) is 0 Å². The quantitative estimate of drug-likeness (QED) is 0.837. The summed E-state index contributed by atoms with van der Waals surface area (Å²) in [5.74, 6) is 1.21. The minimum Gasteiger partial charge on any atom is -0.396 e. The Labute approximate surface area is 113 Å². The molecule has 0 radical (unpaired) electrons. The number of hydrogen-bond donors (Lipinski definition) is 2. The fourth-order valence-electron chi connectivity index (χ4n) is 1.52. The van der Waals surface area contributed by atoms with Crippen LogP contribution in [0.25, 0.3) is 0 Å². The van der Waals surface area contributed by atoms with E-state index < -0.39 is 0 Å². The highest BCUT2D eigenvalue weighted by Crippen LogP contribution is 2.33. The predicted molar refractivity (Wildman–Crippen MR) is 76.6 cm³/mol. The Morgan fingerprint density at radius 3 is 2.35 bits per heavy atom. The Kier molecular flexibility index (Phi) is 6.34. The third-order valence-corrected chi connectivity index (χ3v) is 4.62. The largest absolute Gasteiger partial charge is 0.396 e. The molecule has 0 saturated heterocycles. The fourth-order valence-corrected chi connectivity index (χ4v) is 2.95. The van der Waals surface area contributed by atoms with Gasteiger partial charge in [-0.15, -0.1) is 0 Å². The molecule has 0 amide bonds. The number of benzene rings is 1. The van der Waals surface area contributed by atoms with E-state index in [4.69, 9.17) is 22.4 Å². The standard InChI is InChI=1S/C13H20ClNOS/c1-9(7-16)8-17-13(10(2)15)11-3-5-12(14)6-4-11/h3-6,9-10,13,16H,7-8,15H2,1-2H3. The van der Waals surface area contributed by atoms with Crippen LogP contribution in [0.5, 0.6) is 0 Å². The van der Waals surface area contributed by atoms with E-state index in [1.807, 2.05) is 38.1 Å². The number of rotatable bonds is 6. The zero-order valence-corrected chi connectivity index (χ0v) is 11.8. The Morgan fingerprint density at radius 2 is 1.88 bits per heavy atom. The van der Waals surface area contributed by atoms with Gasteiger partial charge in [-0.2, -0.15) is 11.8 Å². The van der Waals surface area contributed by atoms with Crippen LogP contribution in [0.15, 0.2) is 24.3 Å². The van der Waals surface area contributed by atoms with Crippen LogP contribution in [0.4, 0.5) is 0 Å². The molecule has 2 nitrogen and oxygen atoms in total. The Hall–Kier alpha value is -0.220. The first-order valence-electron chi connectivity index (χ1n) is 5.78. The molecule has 0 aliphatic carbocycles. The molecule has 0 aromatic heterocycles. The van der Waals surface area contributed by atoms with Crippen molar-refractivity contribution in [1.82, 2.24) is 0 Å². The lowest BCUT2D eigenvalue weighted by Crippen LogP contribution is -2.23. The molecule has 17 heavy (non-hydrogen) atoms. The van der Waals surface area contributed by atoms with E-state index >= 15 is 0 Å². The van der Waals surface area contributed by atoms with Crippen molar-refractivity contribution < 1.29 is 5.11 Å². The van der Waals surface area contributed by atoms with Crippen molar-refractivity contribution in [3.05, 3.63) is 34.9 Å². The zero-order chi connectivity index (χ0) is 12.8. The molecule has 1 aromatic rings. The zero-order valence-electron chi connectivity index (χ0n) is 10.3. The molecule has 1 rings (SSSR count). The highest BCUT2D eigenvalue weighted by atomic mass is 35.5. The summed E-state index contributed by atoms with van der Waals surface area (Å²) in [5, 5.41) is 10.0. The summed E-state index contributed by atoms with van der Waals surface area (Å²) in [5.41, 5.74) is 7.21. The van der Waals surface area contributed by atoms with E-state index in [1.165, 1.54) is 5.56 Å². The van der Waals surface area contributed by atoms with Crippen molar-refractivity contribution in [1.29, 1.82) is 0 Å². The van der Waals surface area contributed by atoms with Crippen LogP contribution in [0.1, 0.15) is 24.7 Å². The van der Waals surface area contributed by atoms with Crippen molar-refractivity contribution in [2.24, 2.45) is 11.7 Å². The molecule has 0 heterocycles. The molecule has 3 unspecified atom stereocenters. The van der Waals surface area contributed by atoms with Gasteiger partial charge in [0, 0.05) is 22.9 Å². The topological polar surface area (TPSA) is 46.2 Å². The third-order valence-electron chi connectivity index (χ3n) is 2.55. The summed E-state index contributed by atoms with van der Waals surface area (Å²) in [6.45, 7) is 4.27. The van der Waals surface area contributed by atoms with E-state index in [9.17, 15) is 0 Å². The second-order valence-electron chi connectivity index (χ2n) is 4.45. The lowest BCUT2D eigenvalue weighted by Gasteiger charge is -2.22. The van der Waals surface area contributed by atoms with Crippen LogP contribution in [0.2, 0.25) is 5.02 Å². The first-order chi connectivity index (χ1) is 8.04. The van der Waals surface area contributed by atoms with E-state index in [-0.39, 0.29) is 17.9 Å².